The molecule has 0 bridgehead atoms. The zero-order valence-corrected chi connectivity index (χ0v) is 24.8. The van der Waals surface area contributed by atoms with E-state index in [2.05, 4.69) is 0 Å². The van der Waals surface area contributed by atoms with E-state index in [9.17, 15) is 14.7 Å². The third kappa shape index (κ3) is 8.54. The minimum atomic E-state index is -0.939. The highest BCUT2D eigenvalue weighted by Gasteiger charge is 2.14. The van der Waals surface area contributed by atoms with E-state index in [1.807, 2.05) is 79.9 Å². The Morgan fingerprint density at radius 2 is 1.57 bits per heavy atom. The average Bonchev–Trinajstić information content (AvgIpc) is 3.28. The maximum atomic E-state index is 11.5. The number of carboxylic acid groups (broad SMARTS) is 2. The van der Waals surface area contributed by atoms with Gasteiger partial charge in [0.1, 0.15) is 12.3 Å². The molecule has 4 rings (SSSR count). The fraction of sp³-hybridized carbons (Fsp3) is 0.273. The van der Waals surface area contributed by atoms with Crippen LogP contribution in [0.2, 0.25) is 10.0 Å². The van der Waals surface area contributed by atoms with Crippen molar-refractivity contribution < 1.29 is 29.3 Å². The van der Waals surface area contributed by atoms with E-state index in [1.165, 1.54) is 0 Å². The summed E-state index contributed by atoms with van der Waals surface area (Å²) in [7, 11) is 0. The summed E-state index contributed by atoms with van der Waals surface area (Å²) in [5.41, 5.74) is 4.60. The van der Waals surface area contributed by atoms with Gasteiger partial charge in [0.25, 0.3) is 0 Å². The van der Waals surface area contributed by atoms with Gasteiger partial charge in [0.15, 0.2) is 5.75 Å². The largest absolute Gasteiger partial charge is 0.494 e. The van der Waals surface area contributed by atoms with Crippen LogP contribution in [-0.4, -0.2) is 39.9 Å². The number of aryl methyl sites for hydroxylation is 2. The number of ether oxygens (including phenoxy) is 2. The molecule has 3 aromatic carbocycles. The summed E-state index contributed by atoms with van der Waals surface area (Å²) in [5, 5.41) is 20.4. The zero-order chi connectivity index (χ0) is 30.1. The monoisotopic (exact) mass is 609 g/mol. The Morgan fingerprint density at radius 3 is 2.24 bits per heavy atom. The van der Waals surface area contributed by atoms with Crippen molar-refractivity contribution >= 4 is 58.2 Å². The molecule has 0 aliphatic rings. The number of aromatic nitrogens is 1. The van der Waals surface area contributed by atoms with Crippen LogP contribution in [0.15, 0.2) is 60.8 Å². The summed E-state index contributed by atoms with van der Waals surface area (Å²) in [6.45, 7) is 2.79. The molecule has 0 spiro atoms. The van der Waals surface area contributed by atoms with Crippen molar-refractivity contribution in [2.45, 2.75) is 45.6 Å². The van der Waals surface area contributed by atoms with Gasteiger partial charge in [-0.2, -0.15) is 0 Å². The first-order chi connectivity index (χ1) is 20.2. The van der Waals surface area contributed by atoms with Crippen molar-refractivity contribution in [1.29, 1.82) is 0 Å². The molecule has 0 amide bonds. The fourth-order valence-corrected chi connectivity index (χ4v) is 5.46. The first kappa shape index (κ1) is 31.0. The minimum Gasteiger partial charge on any atom is -0.494 e. The van der Waals surface area contributed by atoms with Gasteiger partial charge >= 0.3 is 11.9 Å². The summed E-state index contributed by atoms with van der Waals surface area (Å²) in [6.07, 6.45) is 8.47. The number of hydrogen-bond acceptors (Lipinski definition) is 4. The number of unbranched alkanes of at least 4 members (excludes halogenated alkanes) is 1. The van der Waals surface area contributed by atoms with Crippen molar-refractivity contribution in [1.82, 2.24) is 4.57 Å². The van der Waals surface area contributed by atoms with Gasteiger partial charge in [-0.25, -0.2) is 0 Å². The third-order valence-corrected chi connectivity index (χ3v) is 7.25. The van der Waals surface area contributed by atoms with Gasteiger partial charge in [0.2, 0.25) is 0 Å². The predicted octanol–water partition coefficient (Wildman–Crippen LogP) is 8.16. The first-order valence-corrected chi connectivity index (χ1v) is 14.5. The molecule has 0 atom stereocenters. The highest BCUT2D eigenvalue weighted by atomic mass is 35.5. The van der Waals surface area contributed by atoms with E-state index in [1.54, 1.807) is 4.57 Å². The molecule has 0 unspecified atom stereocenters. The Morgan fingerprint density at radius 1 is 0.881 bits per heavy atom. The number of hydrogen-bond donors (Lipinski definition) is 2. The molecule has 0 saturated carbocycles. The number of benzene rings is 3. The lowest BCUT2D eigenvalue weighted by Gasteiger charge is -2.11. The fourth-order valence-electron chi connectivity index (χ4n) is 4.75. The van der Waals surface area contributed by atoms with E-state index in [0.29, 0.717) is 41.9 Å². The standard InChI is InChI=1S/C33H33Cl2NO6/c1-22-18-28(34)33(29(35)19-22)42-17-3-2-16-41-26-14-11-23(12-15-26)10-13-24-6-4-8-27-25(7-5-9-30(37)38)20-36(32(24)27)21-31(39)40/h4,6,8,10-15,18-20H,2-3,5,7,9,16-17,21H2,1H3,(H,37,38)(H,39,40). The van der Waals surface area contributed by atoms with Crippen LogP contribution in [0, 0.1) is 6.92 Å². The molecule has 0 radical (unpaired) electrons. The second-order valence-electron chi connectivity index (χ2n) is 10.0. The Labute approximate surface area is 254 Å². The zero-order valence-electron chi connectivity index (χ0n) is 23.3. The summed E-state index contributed by atoms with van der Waals surface area (Å²) in [4.78, 5) is 22.5. The van der Waals surface area contributed by atoms with Crippen molar-refractivity contribution in [2.24, 2.45) is 0 Å². The van der Waals surface area contributed by atoms with Crippen molar-refractivity contribution in [3.8, 4) is 11.5 Å². The average molecular weight is 611 g/mol. The molecule has 9 heteroatoms. The molecule has 220 valence electrons. The molecule has 0 fully saturated rings. The summed E-state index contributed by atoms with van der Waals surface area (Å²) in [5.74, 6) is -0.507. The summed E-state index contributed by atoms with van der Waals surface area (Å²) in [6, 6.07) is 17.2. The minimum absolute atomic E-state index is 0.0674. The highest BCUT2D eigenvalue weighted by molar-refractivity contribution is 6.37. The van der Waals surface area contributed by atoms with Crippen LogP contribution < -0.4 is 9.47 Å². The first-order valence-electron chi connectivity index (χ1n) is 13.7. The van der Waals surface area contributed by atoms with Gasteiger partial charge in [-0.1, -0.05) is 65.7 Å². The van der Waals surface area contributed by atoms with Crippen LogP contribution >= 0.6 is 23.2 Å². The predicted molar refractivity (Wildman–Crippen MR) is 167 cm³/mol. The SMILES string of the molecule is Cc1cc(Cl)c(OCCCCOc2ccc(C=Cc3cccc4c(CCCC(=O)O)cn(CC(=O)O)c34)cc2)c(Cl)c1. The lowest BCUT2D eigenvalue weighted by molar-refractivity contribution is -0.138. The second kappa shape index (κ2) is 14.8. The second-order valence-corrected chi connectivity index (χ2v) is 10.8. The van der Waals surface area contributed by atoms with Gasteiger partial charge in [-0.05, 0) is 79.1 Å². The molecular weight excluding hydrogens is 577 g/mol. The number of carboxylic acids is 2. The van der Waals surface area contributed by atoms with E-state index in [4.69, 9.17) is 37.8 Å². The number of rotatable bonds is 15. The number of halogens is 2. The molecule has 1 heterocycles. The molecule has 1 aromatic heterocycles. The van der Waals surface area contributed by atoms with Gasteiger partial charge in [-0.15, -0.1) is 0 Å². The number of aliphatic carboxylic acids is 2. The summed E-state index contributed by atoms with van der Waals surface area (Å²) >= 11 is 12.4. The molecular formula is C33H33Cl2NO6. The summed E-state index contributed by atoms with van der Waals surface area (Å²) < 4.78 is 13.3. The van der Waals surface area contributed by atoms with Crippen LogP contribution in [0.25, 0.3) is 23.1 Å². The molecule has 7 nitrogen and oxygen atoms in total. The smallest absolute Gasteiger partial charge is 0.323 e. The normalized spacial score (nSPS) is 11.3. The Hall–Kier alpha value is -3.94. The van der Waals surface area contributed by atoms with E-state index >= 15 is 0 Å². The van der Waals surface area contributed by atoms with E-state index < -0.39 is 11.9 Å². The van der Waals surface area contributed by atoms with Gasteiger partial charge in [-0.3, -0.25) is 9.59 Å². The van der Waals surface area contributed by atoms with Crippen LogP contribution in [0.1, 0.15) is 47.9 Å². The molecule has 2 N–H and O–H groups in total. The highest BCUT2D eigenvalue weighted by Crippen LogP contribution is 2.34. The topological polar surface area (TPSA) is 98.0 Å². The van der Waals surface area contributed by atoms with E-state index in [0.717, 1.165) is 51.7 Å². The molecule has 42 heavy (non-hydrogen) atoms. The van der Waals surface area contributed by atoms with Gasteiger partial charge in [0, 0.05) is 18.0 Å². The van der Waals surface area contributed by atoms with Crippen molar-refractivity contribution in [3.63, 3.8) is 0 Å². The van der Waals surface area contributed by atoms with Gasteiger partial charge in [0.05, 0.1) is 28.8 Å². The lowest BCUT2D eigenvalue weighted by atomic mass is 10.0. The maximum absolute atomic E-state index is 11.5. The molecule has 0 aliphatic carbocycles. The molecule has 0 saturated heterocycles. The Kier molecular flexibility index (Phi) is 10.9. The van der Waals surface area contributed by atoms with Crippen molar-refractivity contribution in [2.75, 3.05) is 13.2 Å². The number of nitrogens with zero attached hydrogens (tertiary/aromatic N) is 1. The van der Waals surface area contributed by atoms with Crippen LogP contribution in [0.3, 0.4) is 0 Å². The van der Waals surface area contributed by atoms with Crippen molar-refractivity contribution in [3.05, 3.63) is 93.1 Å². The maximum Gasteiger partial charge on any atom is 0.323 e. The van der Waals surface area contributed by atoms with Crippen LogP contribution in [-0.2, 0) is 22.6 Å². The Bertz CT molecular complexity index is 1550. The van der Waals surface area contributed by atoms with E-state index in [-0.39, 0.29) is 13.0 Å². The van der Waals surface area contributed by atoms with Crippen LogP contribution in [0.5, 0.6) is 11.5 Å². The lowest BCUT2D eigenvalue weighted by Crippen LogP contribution is -2.07. The van der Waals surface area contributed by atoms with Crippen LogP contribution in [0.4, 0.5) is 0 Å². The number of carbonyl (C=O) groups is 2. The number of fused-ring (bicyclic) bond motifs is 1. The Balaban J connectivity index is 1.33. The molecule has 0 aliphatic heterocycles. The third-order valence-electron chi connectivity index (χ3n) is 6.69. The number of para-hydroxylation sites is 1. The molecule has 4 aromatic rings. The quantitative estimate of drug-likeness (QED) is 0.104. The van der Waals surface area contributed by atoms with Gasteiger partial charge < -0.3 is 24.3 Å².